The minimum atomic E-state index is -3.59. The molecule has 1 aromatic carbocycles. The number of hydrogen-bond acceptors (Lipinski definition) is 4. The normalized spacial score (nSPS) is 11.3. The average Bonchev–Trinajstić information content (AvgIpc) is 2.25. The van der Waals surface area contributed by atoms with Gasteiger partial charge in [0.05, 0.1) is 11.5 Å². The van der Waals surface area contributed by atoms with Crippen molar-refractivity contribution >= 4 is 22.5 Å². The third-order valence-electron chi connectivity index (χ3n) is 2.30. The summed E-state index contributed by atoms with van der Waals surface area (Å²) in [4.78, 5) is 2.20. The van der Waals surface area contributed by atoms with Crippen LogP contribution in [0.4, 0.5) is 0 Å². The summed E-state index contributed by atoms with van der Waals surface area (Å²) in [6, 6.07) is 6.65. The number of benzene rings is 1. The third-order valence-corrected chi connectivity index (χ3v) is 3.62. The van der Waals surface area contributed by atoms with Gasteiger partial charge >= 0.3 is 0 Å². The van der Waals surface area contributed by atoms with Gasteiger partial charge in [0.25, 0.3) is 10.1 Å². The van der Waals surface area contributed by atoms with Crippen LogP contribution in [0.1, 0.15) is 12.0 Å². The van der Waals surface area contributed by atoms with Crippen molar-refractivity contribution in [3.8, 4) is 0 Å². The minimum Gasteiger partial charge on any atom is -0.309 e. The molecule has 0 saturated heterocycles. The third kappa shape index (κ3) is 5.82. The molecule has 0 N–H and O–H groups in total. The van der Waals surface area contributed by atoms with Gasteiger partial charge in [-0.05, 0) is 46.1 Å². The van der Waals surface area contributed by atoms with E-state index in [0.29, 0.717) is 6.42 Å². The van der Waals surface area contributed by atoms with Crippen molar-refractivity contribution in [2.75, 3.05) is 27.2 Å². The van der Waals surface area contributed by atoms with Crippen molar-refractivity contribution in [1.29, 1.82) is 0 Å². The standard InChI is InChI=1S/C12H19NO3S.ClH/c1-11-5-7-12(8-6-11)17(14,15)16-10-4-9-13(2)3;/h5-8H,4,9-10H2,1-3H3;1H. The van der Waals surface area contributed by atoms with Gasteiger partial charge in [-0.3, -0.25) is 4.18 Å². The van der Waals surface area contributed by atoms with E-state index in [9.17, 15) is 8.42 Å². The molecule has 0 heterocycles. The van der Waals surface area contributed by atoms with Crippen molar-refractivity contribution < 1.29 is 12.6 Å². The van der Waals surface area contributed by atoms with Gasteiger partial charge in [0.2, 0.25) is 0 Å². The van der Waals surface area contributed by atoms with Gasteiger partial charge < -0.3 is 4.90 Å². The highest BCUT2D eigenvalue weighted by Crippen LogP contribution is 2.13. The first-order valence-electron chi connectivity index (χ1n) is 5.52. The number of rotatable bonds is 6. The number of nitrogens with zero attached hydrogens (tertiary/aromatic N) is 1. The Morgan fingerprint density at radius 2 is 1.72 bits per heavy atom. The lowest BCUT2D eigenvalue weighted by Gasteiger charge is -2.09. The van der Waals surface area contributed by atoms with E-state index in [0.717, 1.165) is 12.1 Å². The van der Waals surface area contributed by atoms with Crippen molar-refractivity contribution in [3.63, 3.8) is 0 Å². The molecule has 0 radical (unpaired) electrons. The summed E-state index contributed by atoms with van der Waals surface area (Å²) in [6.07, 6.45) is 0.693. The van der Waals surface area contributed by atoms with Crippen LogP contribution < -0.4 is 0 Å². The average molecular weight is 294 g/mol. The summed E-state index contributed by atoms with van der Waals surface area (Å²) in [7, 11) is 0.284. The van der Waals surface area contributed by atoms with E-state index in [1.165, 1.54) is 0 Å². The molecule has 0 spiro atoms. The molecule has 6 heteroatoms. The topological polar surface area (TPSA) is 46.6 Å². The fourth-order valence-electron chi connectivity index (χ4n) is 1.32. The molecular formula is C12H20ClNO3S. The molecule has 18 heavy (non-hydrogen) atoms. The Balaban J connectivity index is 0.00000289. The number of aryl methyl sites for hydroxylation is 1. The van der Waals surface area contributed by atoms with Gasteiger partial charge in [-0.2, -0.15) is 8.42 Å². The summed E-state index contributed by atoms with van der Waals surface area (Å²) >= 11 is 0. The smallest absolute Gasteiger partial charge is 0.296 e. The summed E-state index contributed by atoms with van der Waals surface area (Å²) in [5, 5.41) is 0. The molecule has 4 nitrogen and oxygen atoms in total. The summed E-state index contributed by atoms with van der Waals surface area (Å²) in [5.74, 6) is 0. The highest BCUT2D eigenvalue weighted by atomic mass is 35.5. The van der Waals surface area contributed by atoms with E-state index >= 15 is 0 Å². The van der Waals surface area contributed by atoms with Crippen LogP contribution in [0.5, 0.6) is 0 Å². The predicted octanol–water partition coefficient (Wildman–Crippen LogP) is 2.07. The highest BCUT2D eigenvalue weighted by Gasteiger charge is 2.14. The maximum absolute atomic E-state index is 11.8. The summed E-state index contributed by atoms with van der Waals surface area (Å²) in [6.45, 7) is 2.94. The van der Waals surface area contributed by atoms with Crippen LogP contribution in [-0.4, -0.2) is 40.6 Å². The van der Waals surface area contributed by atoms with E-state index in [1.807, 2.05) is 25.9 Å². The quantitative estimate of drug-likeness (QED) is 0.595. The van der Waals surface area contributed by atoms with Gasteiger partial charge in [-0.15, -0.1) is 12.4 Å². The van der Waals surface area contributed by atoms with Gasteiger partial charge in [-0.1, -0.05) is 17.7 Å². The summed E-state index contributed by atoms with van der Waals surface area (Å²) < 4.78 is 28.5. The van der Waals surface area contributed by atoms with Crippen molar-refractivity contribution in [2.45, 2.75) is 18.2 Å². The van der Waals surface area contributed by atoms with Gasteiger partial charge in [0.15, 0.2) is 0 Å². The Morgan fingerprint density at radius 3 is 2.22 bits per heavy atom. The Hall–Kier alpha value is -0.620. The zero-order valence-electron chi connectivity index (χ0n) is 10.9. The highest BCUT2D eigenvalue weighted by molar-refractivity contribution is 7.86. The minimum absolute atomic E-state index is 0. The maximum Gasteiger partial charge on any atom is 0.296 e. The van der Waals surface area contributed by atoms with Crippen LogP contribution in [0.2, 0.25) is 0 Å². The van der Waals surface area contributed by atoms with E-state index in [2.05, 4.69) is 0 Å². The molecule has 104 valence electrons. The first-order chi connectivity index (χ1) is 7.92. The van der Waals surface area contributed by atoms with Crippen LogP contribution in [0.25, 0.3) is 0 Å². The SMILES string of the molecule is Cc1ccc(S(=O)(=O)OCCCN(C)C)cc1.Cl. The van der Waals surface area contributed by atoms with Crippen LogP contribution >= 0.6 is 12.4 Å². The Morgan fingerprint density at radius 1 is 1.17 bits per heavy atom. The number of halogens is 1. The van der Waals surface area contributed by atoms with Crippen molar-refractivity contribution in [3.05, 3.63) is 29.8 Å². The molecule has 0 aromatic heterocycles. The van der Waals surface area contributed by atoms with Crippen molar-refractivity contribution in [2.24, 2.45) is 0 Å². The van der Waals surface area contributed by atoms with Gasteiger partial charge in [-0.25, -0.2) is 0 Å². The molecule has 1 aromatic rings. The molecule has 1 rings (SSSR count). The lowest BCUT2D eigenvalue weighted by molar-refractivity contribution is 0.284. The van der Waals surface area contributed by atoms with Crippen LogP contribution in [0, 0.1) is 6.92 Å². The molecule has 0 aliphatic rings. The van der Waals surface area contributed by atoms with E-state index < -0.39 is 10.1 Å². The first kappa shape index (κ1) is 17.4. The maximum atomic E-state index is 11.8. The van der Waals surface area contributed by atoms with Crippen LogP contribution in [0.15, 0.2) is 29.2 Å². The molecule has 0 saturated carbocycles. The van der Waals surface area contributed by atoms with E-state index in [4.69, 9.17) is 4.18 Å². The van der Waals surface area contributed by atoms with E-state index in [-0.39, 0.29) is 23.9 Å². The second-order valence-electron chi connectivity index (χ2n) is 4.25. The van der Waals surface area contributed by atoms with Crippen LogP contribution in [-0.2, 0) is 14.3 Å². The Labute approximate surface area is 115 Å². The largest absolute Gasteiger partial charge is 0.309 e. The van der Waals surface area contributed by atoms with Gasteiger partial charge in [0, 0.05) is 0 Å². The van der Waals surface area contributed by atoms with Crippen molar-refractivity contribution in [1.82, 2.24) is 4.90 Å². The number of hydrogen-bond donors (Lipinski definition) is 0. The fourth-order valence-corrected chi connectivity index (χ4v) is 2.27. The Bertz CT molecular complexity index is 443. The monoisotopic (exact) mass is 293 g/mol. The lowest BCUT2D eigenvalue weighted by Crippen LogP contribution is -2.16. The molecule has 0 amide bonds. The van der Waals surface area contributed by atoms with Crippen LogP contribution in [0.3, 0.4) is 0 Å². The second kappa shape index (κ2) is 7.74. The molecule has 0 aliphatic carbocycles. The molecular weight excluding hydrogens is 274 g/mol. The summed E-state index contributed by atoms with van der Waals surface area (Å²) in [5.41, 5.74) is 1.02. The zero-order valence-corrected chi connectivity index (χ0v) is 12.6. The molecule has 0 bridgehead atoms. The van der Waals surface area contributed by atoms with Gasteiger partial charge in [0.1, 0.15) is 0 Å². The molecule has 0 atom stereocenters. The molecule has 0 fully saturated rings. The fraction of sp³-hybridized carbons (Fsp3) is 0.500. The predicted molar refractivity (Wildman–Crippen MR) is 74.7 cm³/mol. The van der Waals surface area contributed by atoms with E-state index in [1.54, 1.807) is 24.3 Å². The molecule has 0 aliphatic heterocycles. The second-order valence-corrected chi connectivity index (χ2v) is 5.86. The zero-order chi connectivity index (χ0) is 12.9. The molecule has 0 unspecified atom stereocenters. The first-order valence-corrected chi connectivity index (χ1v) is 6.93. The Kier molecular flexibility index (Phi) is 7.47. The lowest BCUT2D eigenvalue weighted by atomic mass is 10.2.